The fraction of sp³-hybridized carbons (Fsp3) is 0.222. The maximum atomic E-state index is 12.8. The lowest BCUT2D eigenvalue weighted by molar-refractivity contribution is -0.122. The van der Waals surface area contributed by atoms with Crippen molar-refractivity contribution in [3.63, 3.8) is 0 Å². The fourth-order valence-corrected chi connectivity index (χ4v) is 4.26. The molecule has 168 valence electrons. The Morgan fingerprint density at radius 2 is 1.79 bits per heavy atom. The first-order chi connectivity index (χ1) is 16.2. The molecule has 0 radical (unpaired) electrons. The van der Waals surface area contributed by atoms with Crippen LogP contribution in [0, 0.1) is 0 Å². The number of aromatic amines is 1. The Morgan fingerprint density at radius 3 is 2.67 bits per heavy atom. The smallest absolute Gasteiger partial charge is 0.237 e. The Balaban J connectivity index is 1.25. The van der Waals surface area contributed by atoms with Crippen LogP contribution < -0.4 is 20.1 Å². The van der Waals surface area contributed by atoms with Gasteiger partial charge in [0, 0.05) is 36.1 Å². The Hall–Kier alpha value is -3.77. The minimum Gasteiger partial charge on any atom is -0.454 e. The number of aromatic nitrogens is 1. The van der Waals surface area contributed by atoms with Crippen molar-refractivity contribution in [3.05, 3.63) is 95.7 Å². The highest BCUT2D eigenvalue weighted by atomic mass is 16.7. The van der Waals surface area contributed by atoms with Crippen molar-refractivity contribution in [2.75, 3.05) is 13.3 Å². The van der Waals surface area contributed by atoms with Crippen molar-refractivity contribution in [1.29, 1.82) is 0 Å². The van der Waals surface area contributed by atoms with E-state index in [-0.39, 0.29) is 24.7 Å². The summed E-state index contributed by atoms with van der Waals surface area (Å²) in [5, 5.41) is 7.66. The Labute approximate surface area is 192 Å². The molecule has 3 N–H and O–H groups in total. The van der Waals surface area contributed by atoms with Crippen LogP contribution in [0.3, 0.4) is 0 Å². The van der Waals surface area contributed by atoms with Gasteiger partial charge >= 0.3 is 0 Å². The lowest BCUT2D eigenvalue weighted by atomic mass is 9.90. The maximum Gasteiger partial charge on any atom is 0.237 e. The lowest BCUT2D eigenvalue weighted by Gasteiger charge is -2.21. The SMILES string of the molecule is C[C@@H](NC[C@H](c1ccccc1)c1c[nH]c2ccccc12)C(=O)NCc1ccc2c(c1)OCO2. The van der Waals surface area contributed by atoms with E-state index in [2.05, 4.69) is 64.3 Å². The molecule has 0 aliphatic carbocycles. The number of rotatable bonds is 8. The Kier molecular flexibility index (Phi) is 6.00. The van der Waals surface area contributed by atoms with Crippen molar-refractivity contribution in [2.45, 2.75) is 25.4 Å². The molecule has 6 nitrogen and oxygen atoms in total. The van der Waals surface area contributed by atoms with Gasteiger partial charge in [0.05, 0.1) is 6.04 Å². The highest BCUT2D eigenvalue weighted by Gasteiger charge is 2.21. The number of carbonyl (C=O) groups is 1. The summed E-state index contributed by atoms with van der Waals surface area (Å²) < 4.78 is 10.8. The monoisotopic (exact) mass is 441 g/mol. The molecule has 1 aliphatic rings. The molecule has 0 bridgehead atoms. The summed E-state index contributed by atoms with van der Waals surface area (Å²) in [4.78, 5) is 16.1. The van der Waals surface area contributed by atoms with Crippen LogP contribution in [0.4, 0.5) is 0 Å². The van der Waals surface area contributed by atoms with E-state index in [0.29, 0.717) is 13.1 Å². The fourth-order valence-electron chi connectivity index (χ4n) is 4.26. The standard InChI is InChI=1S/C27H27N3O3/c1-18(27(31)30-14-19-11-12-25-26(13-19)33-17-32-25)28-15-22(20-7-3-2-4-8-20)23-16-29-24-10-6-5-9-21(23)24/h2-13,16,18,22,28-29H,14-15,17H2,1H3,(H,30,31)/t18-,22-/m1/s1. The number of para-hydroxylation sites is 1. The van der Waals surface area contributed by atoms with Crippen LogP contribution in [-0.2, 0) is 11.3 Å². The molecule has 3 aromatic carbocycles. The van der Waals surface area contributed by atoms with Gasteiger partial charge in [0.15, 0.2) is 11.5 Å². The summed E-state index contributed by atoms with van der Waals surface area (Å²) in [6, 6.07) is 24.1. The van der Waals surface area contributed by atoms with E-state index in [9.17, 15) is 4.79 Å². The number of fused-ring (bicyclic) bond motifs is 2. The van der Waals surface area contributed by atoms with E-state index in [4.69, 9.17) is 9.47 Å². The van der Waals surface area contributed by atoms with Crippen LogP contribution >= 0.6 is 0 Å². The summed E-state index contributed by atoms with van der Waals surface area (Å²) in [7, 11) is 0. The van der Waals surface area contributed by atoms with Gasteiger partial charge in [-0.2, -0.15) is 0 Å². The van der Waals surface area contributed by atoms with Crippen LogP contribution in [0.15, 0.2) is 79.0 Å². The molecule has 33 heavy (non-hydrogen) atoms. The molecular formula is C27H27N3O3. The van der Waals surface area contributed by atoms with E-state index in [0.717, 1.165) is 22.6 Å². The minimum absolute atomic E-state index is 0.0431. The van der Waals surface area contributed by atoms with E-state index < -0.39 is 0 Å². The van der Waals surface area contributed by atoms with Gasteiger partial charge in [-0.05, 0) is 41.8 Å². The van der Waals surface area contributed by atoms with E-state index in [1.807, 2.05) is 37.3 Å². The van der Waals surface area contributed by atoms with Gasteiger partial charge in [-0.3, -0.25) is 4.79 Å². The van der Waals surface area contributed by atoms with Gasteiger partial charge in [0.2, 0.25) is 12.7 Å². The molecule has 0 fully saturated rings. The molecule has 0 saturated carbocycles. The van der Waals surface area contributed by atoms with Crippen molar-refractivity contribution >= 4 is 16.8 Å². The second-order valence-electron chi connectivity index (χ2n) is 8.29. The van der Waals surface area contributed by atoms with Crippen molar-refractivity contribution < 1.29 is 14.3 Å². The molecule has 0 spiro atoms. The van der Waals surface area contributed by atoms with Gasteiger partial charge in [0.1, 0.15) is 0 Å². The number of hydrogen-bond donors (Lipinski definition) is 3. The number of amides is 1. The molecule has 5 rings (SSSR count). The van der Waals surface area contributed by atoms with Crippen LogP contribution in [-0.4, -0.2) is 30.3 Å². The predicted octanol–water partition coefficient (Wildman–Crippen LogP) is 4.32. The zero-order valence-corrected chi connectivity index (χ0v) is 18.5. The predicted molar refractivity (Wildman–Crippen MR) is 128 cm³/mol. The number of H-pyrrole nitrogens is 1. The molecule has 1 amide bonds. The largest absolute Gasteiger partial charge is 0.454 e. The molecule has 0 unspecified atom stereocenters. The quantitative estimate of drug-likeness (QED) is 0.381. The number of carbonyl (C=O) groups excluding carboxylic acids is 1. The molecule has 0 saturated heterocycles. The minimum atomic E-state index is -0.338. The average Bonchev–Trinajstić information content (AvgIpc) is 3.50. The van der Waals surface area contributed by atoms with Gasteiger partial charge in [0.25, 0.3) is 0 Å². The third-order valence-corrected chi connectivity index (χ3v) is 6.12. The molecule has 2 atom stereocenters. The molecule has 1 aromatic heterocycles. The summed E-state index contributed by atoms with van der Waals surface area (Å²) in [5.41, 5.74) is 4.52. The Morgan fingerprint density at radius 1 is 1.00 bits per heavy atom. The topological polar surface area (TPSA) is 75.4 Å². The zero-order valence-electron chi connectivity index (χ0n) is 18.5. The summed E-state index contributed by atoms with van der Waals surface area (Å²) in [6.45, 7) is 3.22. The van der Waals surface area contributed by atoms with Gasteiger partial charge in [-0.25, -0.2) is 0 Å². The first-order valence-corrected chi connectivity index (χ1v) is 11.2. The maximum absolute atomic E-state index is 12.8. The van der Waals surface area contributed by atoms with Crippen LogP contribution in [0.5, 0.6) is 11.5 Å². The van der Waals surface area contributed by atoms with Gasteiger partial charge < -0.3 is 25.1 Å². The lowest BCUT2D eigenvalue weighted by Crippen LogP contribution is -2.43. The normalized spacial score (nSPS) is 14.2. The molecule has 6 heteroatoms. The second-order valence-corrected chi connectivity index (χ2v) is 8.29. The van der Waals surface area contributed by atoms with Crippen molar-refractivity contribution in [1.82, 2.24) is 15.6 Å². The third-order valence-electron chi connectivity index (χ3n) is 6.12. The number of ether oxygens (including phenoxy) is 2. The molecule has 2 heterocycles. The van der Waals surface area contributed by atoms with Crippen LogP contribution in [0.2, 0.25) is 0 Å². The van der Waals surface area contributed by atoms with Crippen LogP contribution in [0.1, 0.15) is 29.5 Å². The highest BCUT2D eigenvalue weighted by Crippen LogP contribution is 2.32. The molecular weight excluding hydrogens is 414 g/mol. The molecule has 1 aliphatic heterocycles. The zero-order chi connectivity index (χ0) is 22.6. The number of hydrogen-bond acceptors (Lipinski definition) is 4. The van der Waals surface area contributed by atoms with Crippen LogP contribution in [0.25, 0.3) is 10.9 Å². The van der Waals surface area contributed by atoms with Gasteiger partial charge in [-0.1, -0.05) is 54.6 Å². The third kappa shape index (κ3) is 4.56. The van der Waals surface area contributed by atoms with Crippen molar-refractivity contribution in [2.24, 2.45) is 0 Å². The first-order valence-electron chi connectivity index (χ1n) is 11.2. The van der Waals surface area contributed by atoms with Gasteiger partial charge in [-0.15, -0.1) is 0 Å². The van der Waals surface area contributed by atoms with E-state index in [1.54, 1.807) is 0 Å². The average molecular weight is 442 g/mol. The van der Waals surface area contributed by atoms with E-state index >= 15 is 0 Å². The second kappa shape index (κ2) is 9.38. The summed E-state index contributed by atoms with van der Waals surface area (Å²) in [5.74, 6) is 1.53. The summed E-state index contributed by atoms with van der Waals surface area (Å²) in [6.07, 6.45) is 2.08. The first kappa shape index (κ1) is 21.1. The highest BCUT2D eigenvalue weighted by molar-refractivity contribution is 5.84. The number of nitrogens with one attached hydrogen (secondary N) is 3. The summed E-state index contributed by atoms with van der Waals surface area (Å²) >= 11 is 0. The Bertz CT molecular complexity index is 1250. The van der Waals surface area contributed by atoms with E-state index in [1.165, 1.54) is 16.5 Å². The van der Waals surface area contributed by atoms with Crippen molar-refractivity contribution in [3.8, 4) is 11.5 Å². The number of benzene rings is 3. The molecule has 4 aromatic rings.